The van der Waals surface area contributed by atoms with Crippen LogP contribution < -0.4 is 0 Å². The normalized spacial score (nSPS) is 11.5. The molecule has 8 heavy (non-hydrogen) atoms. The van der Waals surface area contributed by atoms with Gasteiger partial charge in [0.15, 0.2) is 0 Å². The number of hydrogen-bond acceptors (Lipinski definition) is 2. The highest BCUT2D eigenvalue weighted by Crippen LogP contribution is 2.26. The van der Waals surface area contributed by atoms with Gasteiger partial charge in [0.2, 0.25) is 5.78 Å². The van der Waals surface area contributed by atoms with E-state index in [-0.39, 0.29) is 11.8 Å². The van der Waals surface area contributed by atoms with E-state index in [1.54, 1.807) is 0 Å². The number of carbonyl (C=O) groups excluding carboxylic acids is 1. The lowest BCUT2D eigenvalue weighted by Crippen LogP contribution is -2.20. The van der Waals surface area contributed by atoms with Gasteiger partial charge in [-0.05, 0) is 6.26 Å². The number of rotatable bonds is 2. The Morgan fingerprint density at radius 3 is 2.00 bits per heavy atom. The Hall–Kier alpha value is -0.120. The molecular weight excluding hydrogens is 134 g/mol. The minimum atomic E-state index is -3.18. The van der Waals surface area contributed by atoms with Gasteiger partial charge in [0, 0.05) is 6.92 Å². The third kappa shape index (κ3) is 1.78. The number of ketones is 1. The van der Waals surface area contributed by atoms with E-state index < -0.39 is 11.0 Å². The number of alkyl halides is 2. The summed E-state index contributed by atoms with van der Waals surface area (Å²) in [6.07, 6.45) is 1.20. The summed E-state index contributed by atoms with van der Waals surface area (Å²) in [6, 6.07) is 0. The molecule has 0 radical (unpaired) electrons. The van der Waals surface area contributed by atoms with Crippen molar-refractivity contribution in [3.63, 3.8) is 0 Å². The minimum absolute atomic E-state index is 0.252. The number of hydrogen-bond donors (Lipinski definition) is 0. The van der Waals surface area contributed by atoms with Crippen LogP contribution in [0, 0.1) is 0 Å². The van der Waals surface area contributed by atoms with E-state index in [0.29, 0.717) is 0 Å². The van der Waals surface area contributed by atoms with Gasteiger partial charge in [-0.2, -0.15) is 8.78 Å². The first kappa shape index (κ1) is 7.88. The number of carbonyl (C=O) groups is 1. The molecule has 0 unspecified atom stereocenters. The molecule has 0 atom stereocenters. The summed E-state index contributed by atoms with van der Waals surface area (Å²) in [7, 11) is 0. The molecule has 0 aromatic rings. The maximum Gasteiger partial charge on any atom is 0.350 e. The van der Waals surface area contributed by atoms with E-state index in [4.69, 9.17) is 0 Å². The van der Waals surface area contributed by atoms with Gasteiger partial charge in [-0.1, -0.05) is 11.8 Å². The summed E-state index contributed by atoms with van der Waals surface area (Å²) >= 11 is 0.252. The van der Waals surface area contributed by atoms with E-state index in [2.05, 4.69) is 0 Å². The Bertz CT molecular complexity index is 102. The molecule has 0 aromatic heterocycles. The first-order valence-electron chi connectivity index (χ1n) is 1.94. The Balaban J connectivity index is 3.91. The van der Waals surface area contributed by atoms with Crippen LogP contribution in [0.2, 0.25) is 0 Å². The molecule has 0 bridgehead atoms. The van der Waals surface area contributed by atoms with E-state index >= 15 is 0 Å². The number of thioether (sulfide) groups is 1. The van der Waals surface area contributed by atoms with Gasteiger partial charge in [-0.15, -0.1) is 0 Å². The second kappa shape index (κ2) is 2.44. The molecule has 0 amide bonds. The third-order valence-corrected chi connectivity index (χ3v) is 1.47. The summed E-state index contributed by atoms with van der Waals surface area (Å²) in [4.78, 5) is 9.93. The van der Waals surface area contributed by atoms with Crippen molar-refractivity contribution in [2.45, 2.75) is 12.2 Å². The van der Waals surface area contributed by atoms with Crippen LogP contribution in [0.15, 0.2) is 0 Å². The molecule has 0 aliphatic heterocycles. The largest absolute Gasteiger partial charge is 0.350 e. The second-order valence-corrected chi connectivity index (χ2v) is 2.20. The van der Waals surface area contributed by atoms with E-state index in [1.165, 1.54) is 6.26 Å². The SMILES string of the molecule is CSC(F)(F)C(C)=O. The molecule has 4 heteroatoms. The zero-order valence-corrected chi connectivity index (χ0v) is 5.39. The van der Waals surface area contributed by atoms with Crippen LogP contribution in [0.4, 0.5) is 8.78 Å². The van der Waals surface area contributed by atoms with Crippen molar-refractivity contribution in [3.8, 4) is 0 Å². The first-order chi connectivity index (χ1) is 3.50. The van der Waals surface area contributed by atoms with Crippen molar-refractivity contribution >= 4 is 17.5 Å². The minimum Gasteiger partial charge on any atom is -0.292 e. The lowest BCUT2D eigenvalue weighted by Gasteiger charge is -2.06. The summed E-state index contributed by atoms with van der Waals surface area (Å²) in [5, 5.41) is -3.18. The maximum absolute atomic E-state index is 11.9. The summed E-state index contributed by atoms with van der Waals surface area (Å²) in [6.45, 7) is 0.872. The van der Waals surface area contributed by atoms with E-state index in [1.807, 2.05) is 0 Å². The highest BCUT2D eigenvalue weighted by Gasteiger charge is 2.33. The monoisotopic (exact) mass is 140 g/mol. The van der Waals surface area contributed by atoms with Crippen LogP contribution in [-0.4, -0.2) is 17.3 Å². The molecule has 0 aliphatic carbocycles. The van der Waals surface area contributed by atoms with Crippen molar-refractivity contribution in [2.75, 3.05) is 6.26 Å². The fourth-order valence-corrected chi connectivity index (χ4v) is 0.431. The van der Waals surface area contributed by atoms with Crippen LogP contribution in [0.25, 0.3) is 0 Å². The lowest BCUT2D eigenvalue weighted by atomic mass is 10.5. The molecular formula is C4H6F2OS. The average Bonchev–Trinajstić information content (AvgIpc) is 1.67. The van der Waals surface area contributed by atoms with Crippen molar-refractivity contribution in [1.29, 1.82) is 0 Å². The molecule has 0 aliphatic rings. The highest BCUT2D eigenvalue weighted by molar-refractivity contribution is 8.00. The van der Waals surface area contributed by atoms with E-state index in [0.717, 1.165) is 6.92 Å². The molecule has 0 fully saturated rings. The van der Waals surface area contributed by atoms with Gasteiger partial charge in [-0.25, -0.2) is 0 Å². The second-order valence-electron chi connectivity index (χ2n) is 1.28. The molecule has 0 N–H and O–H groups in total. The van der Waals surface area contributed by atoms with Crippen LogP contribution in [0.5, 0.6) is 0 Å². The smallest absolute Gasteiger partial charge is 0.292 e. The molecule has 0 rings (SSSR count). The van der Waals surface area contributed by atoms with Crippen molar-refractivity contribution < 1.29 is 13.6 Å². The molecule has 0 heterocycles. The zero-order valence-electron chi connectivity index (χ0n) is 4.57. The van der Waals surface area contributed by atoms with Crippen molar-refractivity contribution in [2.24, 2.45) is 0 Å². The van der Waals surface area contributed by atoms with Crippen LogP contribution >= 0.6 is 11.8 Å². The summed E-state index contributed by atoms with van der Waals surface area (Å²) in [5.41, 5.74) is 0. The zero-order chi connectivity index (χ0) is 6.78. The molecule has 1 nitrogen and oxygen atoms in total. The highest BCUT2D eigenvalue weighted by atomic mass is 32.2. The molecule has 48 valence electrons. The van der Waals surface area contributed by atoms with Crippen molar-refractivity contribution in [1.82, 2.24) is 0 Å². The number of halogens is 2. The van der Waals surface area contributed by atoms with Gasteiger partial charge in [0.05, 0.1) is 0 Å². The maximum atomic E-state index is 11.9. The van der Waals surface area contributed by atoms with Crippen LogP contribution in [0.3, 0.4) is 0 Å². The fourth-order valence-electron chi connectivity index (χ4n) is 0.144. The van der Waals surface area contributed by atoms with Gasteiger partial charge < -0.3 is 0 Å². The third-order valence-electron chi connectivity index (χ3n) is 0.666. The number of Topliss-reactive ketones (excluding diaryl/α,β-unsaturated/α-hetero) is 1. The van der Waals surface area contributed by atoms with E-state index in [9.17, 15) is 13.6 Å². The standard InChI is InChI=1S/C4H6F2OS/c1-3(7)4(5,6)8-2/h1-2H3. The van der Waals surface area contributed by atoms with Gasteiger partial charge >= 0.3 is 5.25 Å². The topological polar surface area (TPSA) is 17.1 Å². The lowest BCUT2D eigenvalue weighted by molar-refractivity contribution is -0.130. The van der Waals surface area contributed by atoms with Gasteiger partial charge in [0.1, 0.15) is 0 Å². The Labute approximate surface area is 50.4 Å². The van der Waals surface area contributed by atoms with Gasteiger partial charge in [0.25, 0.3) is 0 Å². The molecule has 0 aromatic carbocycles. The molecule has 0 spiro atoms. The first-order valence-corrected chi connectivity index (χ1v) is 3.17. The Kier molecular flexibility index (Phi) is 2.40. The van der Waals surface area contributed by atoms with Gasteiger partial charge in [-0.3, -0.25) is 4.79 Å². The van der Waals surface area contributed by atoms with Crippen LogP contribution in [-0.2, 0) is 4.79 Å². The Morgan fingerprint density at radius 2 is 2.00 bits per heavy atom. The fraction of sp³-hybridized carbons (Fsp3) is 0.750. The Morgan fingerprint density at radius 1 is 1.62 bits per heavy atom. The predicted octanol–water partition coefficient (Wildman–Crippen LogP) is 1.53. The quantitative estimate of drug-likeness (QED) is 0.578. The van der Waals surface area contributed by atoms with Crippen molar-refractivity contribution in [3.05, 3.63) is 0 Å². The predicted molar refractivity (Wildman–Crippen MR) is 29.1 cm³/mol. The average molecular weight is 140 g/mol. The summed E-state index contributed by atoms with van der Waals surface area (Å²) in [5.74, 6) is -1.09. The molecule has 0 saturated carbocycles. The summed E-state index contributed by atoms with van der Waals surface area (Å²) < 4.78 is 23.8. The van der Waals surface area contributed by atoms with Crippen LogP contribution in [0.1, 0.15) is 6.92 Å². The molecule has 0 saturated heterocycles.